The molecule has 1 saturated heterocycles. The summed E-state index contributed by atoms with van der Waals surface area (Å²) in [6.07, 6.45) is 4.59. The van der Waals surface area contributed by atoms with Gasteiger partial charge >= 0.3 is 0 Å². The summed E-state index contributed by atoms with van der Waals surface area (Å²) in [5.41, 5.74) is 1.25. The molecular formula is C19H29N5S. The molecule has 1 aliphatic heterocycles. The van der Waals surface area contributed by atoms with Crippen molar-refractivity contribution in [2.24, 2.45) is 18.0 Å². The van der Waals surface area contributed by atoms with Crippen LogP contribution in [0.25, 0.3) is 0 Å². The Hall–Kier alpha value is -1.79. The van der Waals surface area contributed by atoms with Gasteiger partial charge in [-0.3, -0.25) is 9.89 Å². The van der Waals surface area contributed by atoms with E-state index in [0.717, 1.165) is 19.0 Å². The molecule has 0 spiro atoms. The zero-order chi connectivity index (χ0) is 17.6. The van der Waals surface area contributed by atoms with E-state index in [2.05, 4.69) is 75.0 Å². The third-order valence-electron chi connectivity index (χ3n) is 5.09. The van der Waals surface area contributed by atoms with E-state index in [9.17, 15) is 0 Å². The van der Waals surface area contributed by atoms with Gasteiger partial charge in [0.2, 0.25) is 0 Å². The summed E-state index contributed by atoms with van der Waals surface area (Å²) in [6.45, 7) is 2.90. The van der Waals surface area contributed by atoms with Crippen molar-refractivity contribution in [3.63, 3.8) is 0 Å². The highest BCUT2D eigenvalue weighted by molar-refractivity contribution is 7.10. The van der Waals surface area contributed by atoms with Crippen molar-refractivity contribution < 1.29 is 0 Å². The van der Waals surface area contributed by atoms with E-state index in [0.29, 0.717) is 12.0 Å². The lowest BCUT2D eigenvalue weighted by Gasteiger charge is -2.39. The number of hydrogen-bond acceptors (Lipinski definition) is 3. The van der Waals surface area contributed by atoms with E-state index in [4.69, 9.17) is 0 Å². The Labute approximate surface area is 154 Å². The first kappa shape index (κ1) is 18.0. The van der Waals surface area contributed by atoms with Crippen LogP contribution in [0.5, 0.6) is 0 Å². The van der Waals surface area contributed by atoms with Crippen LogP contribution in [-0.2, 0) is 13.6 Å². The number of aliphatic imine (C=N–C) groups is 1. The van der Waals surface area contributed by atoms with Crippen molar-refractivity contribution in [3.8, 4) is 0 Å². The lowest BCUT2D eigenvalue weighted by molar-refractivity contribution is 0.125. The van der Waals surface area contributed by atoms with Gasteiger partial charge in [-0.25, -0.2) is 0 Å². The molecule has 2 atom stereocenters. The minimum absolute atomic E-state index is 0.507. The van der Waals surface area contributed by atoms with Crippen LogP contribution in [0.2, 0.25) is 0 Å². The van der Waals surface area contributed by atoms with Gasteiger partial charge < -0.3 is 15.2 Å². The fourth-order valence-corrected chi connectivity index (χ4v) is 4.67. The molecule has 2 aromatic rings. The van der Waals surface area contributed by atoms with Gasteiger partial charge in [-0.1, -0.05) is 6.07 Å². The average Bonchev–Trinajstić information content (AvgIpc) is 3.27. The Balaban J connectivity index is 1.57. The molecule has 2 aromatic heterocycles. The lowest BCUT2D eigenvalue weighted by Crippen LogP contribution is -2.44. The predicted octanol–water partition coefficient (Wildman–Crippen LogP) is 2.83. The molecular weight excluding hydrogens is 330 g/mol. The quantitative estimate of drug-likeness (QED) is 0.637. The van der Waals surface area contributed by atoms with Gasteiger partial charge in [-0.15, -0.1) is 11.3 Å². The lowest BCUT2D eigenvalue weighted by atomic mass is 9.88. The Morgan fingerprint density at radius 3 is 2.84 bits per heavy atom. The van der Waals surface area contributed by atoms with Crippen molar-refractivity contribution >= 4 is 17.3 Å². The van der Waals surface area contributed by atoms with Gasteiger partial charge in [0.25, 0.3) is 0 Å². The smallest absolute Gasteiger partial charge is 0.191 e. The second kappa shape index (κ2) is 8.54. The molecule has 1 fully saturated rings. The van der Waals surface area contributed by atoms with E-state index in [1.54, 1.807) is 0 Å². The summed E-state index contributed by atoms with van der Waals surface area (Å²) in [6, 6.07) is 9.13. The molecule has 1 aliphatic rings. The molecule has 6 heteroatoms. The van der Waals surface area contributed by atoms with Crippen LogP contribution >= 0.6 is 11.3 Å². The number of nitrogens with one attached hydrogen (secondary N) is 2. The van der Waals surface area contributed by atoms with Crippen molar-refractivity contribution in [1.82, 2.24) is 20.1 Å². The summed E-state index contributed by atoms with van der Waals surface area (Å²) < 4.78 is 2.13. The van der Waals surface area contributed by atoms with Gasteiger partial charge in [-0.05, 0) is 55.9 Å². The third kappa shape index (κ3) is 4.44. The van der Waals surface area contributed by atoms with Gasteiger partial charge in [0.05, 0.1) is 6.54 Å². The van der Waals surface area contributed by atoms with Crippen molar-refractivity contribution in [1.29, 1.82) is 0 Å². The van der Waals surface area contributed by atoms with E-state index in [-0.39, 0.29) is 0 Å². The van der Waals surface area contributed by atoms with Crippen LogP contribution in [-0.4, -0.2) is 42.6 Å². The molecule has 3 rings (SSSR count). The van der Waals surface area contributed by atoms with Crippen molar-refractivity contribution in [3.05, 3.63) is 46.4 Å². The number of aromatic nitrogens is 1. The Morgan fingerprint density at radius 2 is 2.16 bits per heavy atom. The van der Waals surface area contributed by atoms with Crippen LogP contribution in [0, 0.1) is 5.92 Å². The normalized spacial score (nSPS) is 22.1. The molecule has 3 heterocycles. The number of piperidine rings is 1. The fraction of sp³-hybridized carbons (Fsp3) is 0.526. The second-order valence-electron chi connectivity index (χ2n) is 6.76. The molecule has 0 bridgehead atoms. The molecule has 25 heavy (non-hydrogen) atoms. The van der Waals surface area contributed by atoms with Crippen molar-refractivity contribution in [2.75, 3.05) is 27.2 Å². The first-order chi connectivity index (χ1) is 12.2. The van der Waals surface area contributed by atoms with Gasteiger partial charge in [0.15, 0.2) is 5.96 Å². The molecule has 2 N–H and O–H groups in total. The van der Waals surface area contributed by atoms with Gasteiger partial charge in [0.1, 0.15) is 0 Å². The summed E-state index contributed by atoms with van der Waals surface area (Å²) >= 11 is 1.87. The largest absolute Gasteiger partial charge is 0.356 e. The van der Waals surface area contributed by atoms with Crippen LogP contribution in [0.3, 0.4) is 0 Å². The van der Waals surface area contributed by atoms with E-state index in [1.165, 1.54) is 30.0 Å². The first-order valence-corrected chi connectivity index (χ1v) is 9.85. The maximum atomic E-state index is 4.38. The number of rotatable bonds is 5. The molecule has 0 aromatic carbocycles. The van der Waals surface area contributed by atoms with Crippen molar-refractivity contribution in [2.45, 2.75) is 25.4 Å². The van der Waals surface area contributed by atoms with Crippen LogP contribution in [0.4, 0.5) is 0 Å². The number of guanidine groups is 1. The van der Waals surface area contributed by atoms with Gasteiger partial charge in [0, 0.05) is 43.4 Å². The summed E-state index contributed by atoms with van der Waals surface area (Å²) in [5.74, 6) is 1.48. The monoisotopic (exact) mass is 359 g/mol. The van der Waals surface area contributed by atoms with Crippen LogP contribution in [0.1, 0.15) is 29.5 Å². The molecule has 0 saturated carbocycles. The maximum absolute atomic E-state index is 4.38. The zero-order valence-corrected chi connectivity index (χ0v) is 16.2. The minimum Gasteiger partial charge on any atom is -0.356 e. The molecule has 5 nitrogen and oxygen atoms in total. The minimum atomic E-state index is 0.507. The Kier molecular flexibility index (Phi) is 6.15. The third-order valence-corrected chi connectivity index (χ3v) is 6.03. The maximum Gasteiger partial charge on any atom is 0.191 e. The molecule has 0 aliphatic carbocycles. The number of thiophene rings is 1. The molecule has 0 amide bonds. The highest BCUT2D eigenvalue weighted by atomic mass is 32.1. The van der Waals surface area contributed by atoms with E-state index >= 15 is 0 Å². The number of hydrogen-bond donors (Lipinski definition) is 2. The summed E-state index contributed by atoms with van der Waals surface area (Å²) in [7, 11) is 6.15. The fourth-order valence-electron chi connectivity index (χ4n) is 3.69. The zero-order valence-electron chi connectivity index (χ0n) is 15.4. The van der Waals surface area contributed by atoms with Crippen LogP contribution in [0.15, 0.2) is 40.8 Å². The number of nitrogens with zero attached hydrogens (tertiary/aromatic N) is 3. The van der Waals surface area contributed by atoms with E-state index in [1.807, 2.05) is 18.4 Å². The molecule has 136 valence electrons. The average molecular weight is 360 g/mol. The first-order valence-electron chi connectivity index (χ1n) is 8.97. The predicted molar refractivity (Wildman–Crippen MR) is 106 cm³/mol. The number of aryl methyl sites for hydroxylation is 1. The molecule has 2 unspecified atom stereocenters. The topological polar surface area (TPSA) is 44.6 Å². The second-order valence-corrected chi connectivity index (χ2v) is 7.74. The molecule has 0 radical (unpaired) electrons. The Bertz CT molecular complexity index is 676. The highest BCUT2D eigenvalue weighted by Crippen LogP contribution is 2.36. The highest BCUT2D eigenvalue weighted by Gasteiger charge is 2.31. The Morgan fingerprint density at radius 1 is 1.28 bits per heavy atom. The van der Waals surface area contributed by atoms with E-state index < -0.39 is 0 Å². The van der Waals surface area contributed by atoms with Crippen LogP contribution < -0.4 is 10.6 Å². The summed E-state index contributed by atoms with van der Waals surface area (Å²) in [5, 5.41) is 9.14. The van der Waals surface area contributed by atoms with Gasteiger partial charge in [-0.2, -0.15) is 0 Å². The standard InChI is InChI=1S/C19H29N5S/c1-20-19(22-14-16-8-5-10-23(16)2)21-13-15-7-4-11-24(3)18(15)17-9-6-12-25-17/h5-6,8-10,12,15,18H,4,7,11,13-14H2,1-3H3,(H2,20,21,22). The number of likely N-dealkylation sites (tertiary alicyclic amines) is 1. The summed E-state index contributed by atoms with van der Waals surface area (Å²) in [4.78, 5) is 8.36. The SMILES string of the molecule is CN=C(NCc1cccn1C)NCC1CCCN(C)C1c1cccs1.